The fraction of sp³-hybridized carbons (Fsp3) is 0.600. The zero-order valence-corrected chi connectivity index (χ0v) is 5.16. The van der Waals surface area contributed by atoms with E-state index in [0.717, 1.165) is 0 Å². The van der Waals surface area contributed by atoms with E-state index in [2.05, 4.69) is 6.92 Å². The molecule has 0 amide bonds. The summed E-state index contributed by atoms with van der Waals surface area (Å²) in [5.41, 5.74) is 1.64. The number of carboxylic acids is 1. The number of hydroxylamine groups is 1. The zero-order valence-electron chi connectivity index (χ0n) is 5.16. The number of aliphatic carboxylic acids is 1. The van der Waals surface area contributed by atoms with Crippen molar-refractivity contribution in [3.05, 3.63) is 6.92 Å². The highest BCUT2D eigenvalue weighted by Gasteiger charge is 2.24. The quantitative estimate of drug-likeness (QED) is 0.370. The number of rotatable bonds is 3. The predicted octanol–water partition coefficient (Wildman–Crippen LogP) is -0.111. The van der Waals surface area contributed by atoms with Crippen molar-refractivity contribution in [1.29, 1.82) is 0 Å². The summed E-state index contributed by atoms with van der Waals surface area (Å²) < 4.78 is 0. The van der Waals surface area contributed by atoms with Gasteiger partial charge >= 0.3 is 5.97 Å². The summed E-state index contributed by atoms with van der Waals surface area (Å²) >= 11 is 0. The summed E-state index contributed by atoms with van der Waals surface area (Å²) in [7, 11) is 0. The first kappa shape index (κ1) is 8.26. The van der Waals surface area contributed by atoms with Crippen molar-refractivity contribution < 1.29 is 15.1 Å². The van der Waals surface area contributed by atoms with Crippen molar-refractivity contribution in [3.8, 4) is 0 Å². The molecule has 0 aromatic rings. The second-order valence-corrected chi connectivity index (χ2v) is 1.92. The van der Waals surface area contributed by atoms with Crippen LogP contribution >= 0.6 is 0 Å². The molecule has 3 N–H and O–H groups in total. The van der Waals surface area contributed by atoms with E-state index in [4.69, 9.17) is 10.3 Å². The van der Waals surface area contributed by atoms with E-state index in [1.54, 1.807) is 12.4 Å². The first-order valence-corrected chi connectivity index (χ1v) is 2.55. The average molecular weight is 132 g/mol. The standard InChI is InChI=1S/C5H9NO3/c1-3(2)4(6-9)5(7)8/h3-4,6,9H,1H2,2H3/p+1/t3?,4-/m0/s1. The summed E-state index contributed by atoms with van der Waals surface area (Å²) in [6, 6.07) is -0.968. The van der Waals surface area contributed by atoms with Gasteiger partial charge in [-0.2, -0.15) is 5.48 Å². The Morgan fingerprint density at radius 3 is 2.22 bits per heavy atom. The lowest BCUT2D eigenvalue weighted by atomic mass is 10.1. The van der Waals surface area contributed by atoms with E-state index < -0.39 is 12.0 Å². The van der Waals surface area contributed by atoms with Gasteiger partial charge in [-0.3, -0.25) is 4.79 Å². The highest BCUT2D eigenvalue weighted by atomic mass is 16.5. The van der Waals surface area contributed by atoms with Gasteiger partial charge in [0, 0.05) is 0 Å². The number of hydrogen-bond acceptors (Lipinski definition) is 3. The second kappa shape index (κ2) is 3.32. The third-order valence-electron chi connectivity index (χ3n) is 0.974. The Morgan fingerprint density at radius 1 is 1.78 bits per heavy atom. The number of nitrogens with one attached hydrogen (secondary N) is 1. The monoisotopic (exact) mass is 132 g/mol. The Morgan fingerprint density at radius 2 is 2.22 bits per heavy atom. The lowest BCUT2D eigenvalue weighted by molar-refractivity contribution is -0.143. The van der Waals surface area contributed by atoms with Gasteiger partial charge in [0.2, 0.25) is 0 Å². The molecule has 4 nitrogen and oxygen atoms in total. The molecule has 0 radical (unpaired) electrons. The maximum atomic E-state index is 10.1. The molecule has 0 aliphatic carbocycles. The van der Waals surface area contributed by atoms with Gasteiger partial charge in [-0.15, -0.1) is 0 Å². The lowest BCUT2D eigenvalue weighted by Gasteiger charge is -2.07. The molecular formula is C5H10NO3+. The Balaban J connectivity index is 3.83. The van der Waals surface area contributed by atoms with E-state index in [1.165, 1.54) is 0 Å². The van der Waals surface area contributed by atoms with Gasteiger partial charge in [0.15, 0.2) is 6.04 Å². The molecule has 52 valence electrons. The smallest absolute Gasteiger partial charge is 0.327 e. The molecule has 0 rings (SSSR count). The van der Waals surface area contributed by atoms with Crippen LogP contribution < -0.4 is 5.48 Å². The van der Waals surface area contributed by atoms with Gasteiger partial charge in [-0.25, -0.2) is 0 Å². The minimum Gasteiger partial charge on any atom is -0.480 e. The number of hydrogen-bond donors (Lipinski definition) is 3. The molecule has 0 aromatic carbocycles. The summed E-state index contributed by atoms with van der Waals surface area (Å²) in [6.07, 6.45) is 0. The molecule has 0 aliphatic heterocycles. The Hall–Kier alpha value is -0.740. The van der Waals surface area contributed by atoms with Crippen molar-refractivity contribution in [3.63, 3.8) is 0 Å². The van der Waals surface area contributed by atoms with Gasteiger partial charge in [0.25, 0.3) is 0 Å². The van der Waals surface area contributed by atoms with Crippen LogP contribution in [0.25, 0.3) is 0 Å². The van der Waals surface area contributed by atoms with Crippen LogP contribution in [0.3, 0.4) is 0 Å². The Bertz CT molecular complexity index is 102. The normalized spacial score (nSPS) is 16.7. The highest BCUT2D eigenvalue weighted by Crippen LogP contribution is 1.98. The van der Waals surface area contributed by atoms with Crippen LogP contribution in [-0.2, 0) is 4.79 Å². The maximum absolute atomic E-state index is 10.1. The van der Waals surface area contributed by atoms with E-state index in [1.807, 2.05) is 0 Å². The highest BCUT2D eigenvalue weighted by molar-refractivity contribution is 5.73. The van der Waals surface area contributed by atoms with Crippen LogP contribution in [0.1, 0.15) is 6.92 Å². The van der Waals surface area contributed by atoms with Crippen molar-refractivity contribution in [2.45, 2.75) is 13.0 Å². The molecule has 2 atom stereocenters. The molecule has 9 heavy (non-hydrogen) atoms. The zero-order chi connectivity index (χ0) is 7.44. The Kier molecular flexibility index (Phi) is 3.05. The van der Waals surface area contributed by atoms with Crippen LogP contribution in [0, 0.1) is 12.8 Å². The van der Waals surface area contributed by atoms with Gasteiger partial charge in [0.1, 0.15) is 5.92 Å². The van der Waals surface area contributed by atoms with Crippen molar-refractivity contribution in [2.24, 2.45) is 5.92 Å². The van der Waals surface area contributed by atoms with Gasteiger partial charge < -0.3 is 10.3 Å². The largest absolute Gasteiger partial charge is 0.480 e. The third kappa shape index (κ3) is 2.34. The van der Waals surface area contributed by atoms with E-state index in [0.29, 0.717) is 0 Å². The van der Waals surface area contributed by atoms with Crippen LogP contribution in [-0.4, -0.2) is 22.3 Å². The topological polar surface area (TPSA) is 69.6 Å². The number of carboxylic acid groups (broad SMARTS) is 1. The van der Waals surface area contributed by atoms with Crippen molar-refractivity contribution in [1.82, 2.24) is 5.48 Å². The maximum Gasteiger partial charge on any atom is 0.327 e. The minimum atomic E-state index is -1.10. The minimum absolute atomic E-state index is 0.354. The van der Waals surface area contributed by atoms with E-state index in [-0.39, 0.29) is 5.92 Å². The molecule has 0 aromatic heterocycles. The molecule has 0 saturated heterocycles. The molecule has 0 saturated carbocycles. The molecule has 0 heterocycles. The van der Waals surface area contributed by atoms with Crippen LogP contribution in [0.5, 0.6) is 0 Å². The molecule has 0 bridgehead atoms. The lowest BCUT2D eigenvalue weighted by Crippen LogP contribution is -2.38. The second-order valence-electron chi connectivity index (χ2n) is 1.92. The van der Waals surface area contributed by atoms with Crippen LogP contribution in [0.2, 0.25) is 0 Å². The summed E-state index contributed by atoms with van der Waals surface area (Å²) in [5.74, 6) is -1.45. The van der Waals surface area contributed by atoms with Gasteiger partial charge in [-0.05, 0) is 6.92 Å². The van der Waals surface area contributed by atoms with Crippen molar-refractivity contribution >= 4 is 5.97 Å². The van der Waals surface area contributed by atoms with E-state index in [9.17, 15) is 4.79 Å². The average Bonchev–Trinajstić information content (AvgIpc) is 1.64. The SMILES string of the molecule is [CH2+]C(C)[C@H](NO)C(=O)O. The number of carbonyl (C=O) groups is 1. The molecule has 1 unspecified atom stereocenters. The Labute approximate surface area is 53.5 Å². The van der Waals surface area contributed by atoms with Crippen molar-refractivity contribution in [2.75, 3.05) is 0 Å². The predicted molar refractivity (Wildman–Crippen MR) is 30.9 cm³/mol. The van der Waals surface area contributed by atoms with Crippen LogP contribution in [0.15, 0.2) is 0 Å². The first-order valence-electron chi connectivity index (χ1n) is 2.55. The van der Waals surface area contributed by atoms with Crippen LogP contribution in [0.4, 0.5) is 0 Å². The molecule has 4 heteroatoms. The molecule has 0 aliphatic rings. The molecule has 0 spiro atoms. The molecular weight excluding hydrogens is 122 g/mol. The first-order chi connectivity index (χ1) is 4.09. The molecule has 0 fully saturated rings. The van der Waals surface area contributed by atoms with Gasteiger partial charge in [-0.1, -0.05) is 0 Å². The summed E-state index contributed by atoms with van der Waals surface area (Å²) in [6.45, 7) is 5.03. The third-order valence-corrected chi connectivity index (χ3v) is 0.974. The summed E-state index contributed by atoms with van der Waals surface area (Å²) in [5, 5.41) is 16.5. The fourth-order valence-corrected chi connectivity index (χ4v) is 0.426. The fourth-order valence-electron chi connectivity index (χ4n) is 0.426. The van der Waals surface area contributed by atoms with E-state index >= 15 is 0 Å². The van der Waals surface area contributed by atoms with Gasteiger partial charge in [0.05, 0.1) is 6.92 Å². The summed E-state index contributed by atoms with van der Waals surface area (Å²) in [4.78, 5) is 10.1.